The third-order valence-corrected chi connectivity index (χ3v) is 3.51. The van der Waals surface area contributed by atoms with Crippen molar-refractivity contribution >= 4 is 21.5 Å². The van der Waals surface area contributed by atoms with Crippen LogP contribution in [0.4, 0.5) is 0 Å². The van der Waals surface area contributed by atoms with Crippen molar-refractivity contribution < 1.29 is 14.2 Å². The van der Waals surface area contributed by atoms with Crippen molar-refractivity contribution in [1.29, 1.82) is 0 Å². The minimum Gasteiger partial charge on any atom is -0.493 e. The van der Waals surface area contributed by atoms with Crippen molar-refractivity contribution in [1.82, 2.24) is 0 Å². The first-order valence-corrected chi connectivity index (χ1v) is 6.40. The molecule has 20 heavy (non-hydrogen) atoms. The Morgan fingerprint density at radius 3 is 1.90 bits per heavy atom. The summed E-state index contributed by atoms with van der Waals surface area (Å²) in [4.78, 5) is 0. The van der Waals surface area contributed by atoms with Gasteiger partial charge in [-0.25, -0.2) is 0 Å². The van der Waals surface area contributed by atoms with E-state index in [9.17, 15) is 0 Å². The summed E-state index contributed by atoms with van der Waals surface area (Å²) < 4.78 is 16.4. The third-order valence-electron chi connectivity index (χ3n) is 3.51. The molecule has 0 N–H and O–H groups in total. The summed E-state index contributed by atoms with van der Waals surface area (Å²) in [7, 11) is 4.89. The van der Waals surface area contributed by atoms with Gasteiger partial charge in [-0.05, 0) is 34.4 Å². The second-order valence-corrected chi connectivity index (χ2v) is 4.57. The molecule has 0 amide bonds. The van der Waals surface area contributed by atoms with Crippen molar-refractivity contribution in [2.24, 2.45) is 0 Å². The van der Waals surface area contributed by atoms with Crippen molar-refractivity contribution in [3.8, 4) is 17.2 Å². The number of methoxy groups -OCH3 is 3. The molecular weight excluding hydrogens is 252 g/mol. The molecule has 0 unspecified atom stereocenters. The van der Waals surface area contributed by atoms with Gasteiger partial charge in [-0.3, -0.25) is 0 Å². The molecule has 0 atom stereocenters. The van der Waals surface area contributed by atoms with E-state index in [-0.39, 0.29) is 0 Å². The molecule has 3 aromatic rings. The Kier molecular flexibility index (Phi) is 3.11. The van der Waals surface area contributed by atoms with Crippen LogP contribution in [0.5, 0.6) is 17.2 Å². The van der Waals surface area contributed by atoms with Crippen LogP contribution in [0.25, 0.3) is 21.5 Å². The van der Waals surface area contributed by atoms with E-state index in [1.165, 1.54) is 10.8 Å². The molecule has 0 saturated carbocycles. The normalized spacial score (nSPS) is 10.8. The van der Waals surface area contributed by atoms with Gasteiger partial charge in [0.25, 0.3) is 0 Å². The quantitative estimate of drug-likeness (QED) is 0.671. The second kappa shape index (κ2) is 4.93. The van der Waals surface area contributed by atoms with Crippen LogP contribution in [0.3, 0.4) is 0 Å². The van der Waals surface area contributed by atoms with Crippen LogP contribution in [0.15, 0.2) is 42.5 Å². The lowest BCUT2D eigenvalue weighted by atomic mass is 10.0. The molecule has 0 bridgehead atoms. The Labute approximate surface area is 117 Å². The van der Waals surface area contributed by atoms with Gasteiger partial charge in [-0.1, -0.05) is 24.3 Å². The summed E-state index contributed by atoms with van der Waals surface area (Å²) in [5.74, 6) is 2.00. The van der Waals surface area contributed by atoms with E-state index < -0.39 is 0 Å². The number of fused-ring (bicyclic) bond motifs is 2. The largest absolute Gasteiger partial charge is 0.493 e. The number of hydrogen-bond donors (Lipinski definition) is 0. The van der Waals surface area contributed by atoms with E-state index in [1.807, 2.05) is 18.2 Å². The van der Waals surface area contributed by atoms with Gasteiger partial charge in [0.15, 0.2) is 11.5 Å². The zero-order valence-electron chi connectivity index (χ0n) is 11.8. The SMILES string of the molecule is COc1cc2cc3ccccc3cc2c(OC)c1OC. The molecule has 0 aliphatic heterocycles. The molecular formula is C17H16O3. The maximum atomic E-state index is 5.54. The molecule has 0 aliphatic rings. The van der Waals surface area contributed by atoms with Gasteiger partial charge < -0.3 is 14.2 Å². The van der Waals surface area contributed by atoms with Gasteiger partial charge in [0.05, 0.1) is 21.3 Å². The Morgan fingerprint density at radius 1 is 0.650 bits per heavy atom. The highest BCUT2D eigenvalue weighted by Gasteiger charge is 2.16. The summed E-state index contributed by atoms with van der Waals surface area (Å²) in [6.07, 6.45) is 0. The van der Waals surface area contributed by atoms with E-state index in [2.05, 4.69) is 24.3 Å². The highest BCUT2D eigenvalue weighted by molar-refractivity contribution is 6.03. The van der Waals surface area contributed by atoms with Crippen LogP contribution in [0.1, 0.15) is 0 Å². The molecule has 3 aromatic carbocycles. The summed E-state index contributed by atoms with van der Waals surface area (Å²) in [5.41, 5.74) is 0. The average molecular weight is 268 g/mol. The molecule has 0 radical (unpaired) electrons. The Hall–Kier alpha value is -2.42. The first-order chi connectivity index (χ1) is 9.78. The maximum absolute atomic E-state index is 5.54. The fourth-order valence-electron chi connectivity index (χ4n) is 2.56. The lowest BCUT2D eigenvalue weighted by molar-refractivity contribution is 0.327. The number of ether oxygens (including phenoxy) is 3. The zero-order chi connectivity index (χ0) is 14.1. The monoisotopic (exact) mass is 268 g/mol. The van der Waals surface area contributed by atoms with Gasteiger partial charge >= 0.3 is 0 Å². The molecule has 3 nitrogen and oxygen atoms in total. The standard InChI is InChI=1S/C17H16O3/c1-18-15-10-13-8-11-6-4-5-7-12(11)9-14(13)16(19-2)17(15)20-3/h4-10H,1-3H3. The van der Waals surface area contributed by atoms with E-state index in [0.29, 0.717) is 17.2 Å². The van der Waals surface area contributed by atoms with Crippen LogP contribution in [0, 0.1) is 0 Å². The number of hydrogen-bond acceptors (Lipinski definition) is 3. The summed E-state index contributed by atoms with van der Waals surface area (Å²) in [5, 5.41) is 4.45. The Morgan fingerprint density at radius 2 is 1.30 bits per heavy atom. The molecule has 0 spiro atoms. The van der Waals surface area contributed by atoms with Gasteiger partial charge in [-0.15, -0.1) is 0 Å². The van der Waals surface area contributed by atoms with Crippen LogP contribution in [0.2, 0.25) is 0 Å². The Balaban J connectivity index is 2.44. The highest BCUT2D eigenvalue weighted by atomic mass is 16.5. The summed E-state index contributed by atoms with van der Waals surface area (Å²) >= 11 is 0. The summed E-state index contributed by atoms with van der Waals surface area (Å²) in [6.45, 7) is 0. The molecule has 102 valence electrons. The second-order valence-electron chi connectivity index (χ2n) is 4.57. The van der Waals surface area contributed by atoms with Gasteiger partial charge in [-0.2, -0.15) is 0 Å². The predicted octanol–water partition coefficient (Wildman–Crippen LogP) is 4.02. The van der Waals surface area contributed by atoms with Gasteiger partial charge in [0, 0.05) is 5.39 Å². The molecule has 3 rings (SSSR count). The van der Waals surface area contributed by atoms with E-state index >= 15 is 0 Å². The van der Waals surface area contributed by atoms with Crippen LogP contribution >= 0.6 is 0 Å². The summed E-state index contributed by atoms with van der Waals surface area (Å²) in [6, 6.07) is 14.5. The first kappa shape index (κ1) is 12.6. The van der Waals surface area contributed by atoms with Crippen molar-refractivity contribution in [3.05, 3.63) is 42.5 Å². The minimum absolute atomic E-state index is 0.623. The minimum atomic E-state index is 0.623. The van der Waals surface area contributed by atoms with Crippen molar-refractivity contribution in [2.45, 2.75) is 0 Å². The molecule has 0 heterocycles. The lowest BCUT2D eigenvalue weighted by Crippen LogP contribution is -1.96. The van der Waals surface area contributed by atoms with E-state index in [4.69, 9.17) is 14.2 Å². The van der Waals surface area contributed by atoms with Crippen LogP contribution in [-0.4, -0.2) is 21.3 Å². The molecule has 0 aromatic heterocycles. The number of benzene rings is 3. The predicted molar refractivity (Wildman–Crippen MR) is 81.1 cm³/mol. The zero-order valence-corrected chi connectivity index (χ0v) is 11.8. The number of rotatable bonds is 3. The van der Waals surface area contributed by atoms with Crippen LogP contribution in [-0.2, 0) is 0 Å². The molecule has 0 fully saturated rings. The lowest BCUT2D eigenvalue weighted by Gasteiger charge is -2.15. The molecule has 3 heteroatoms. The maximum Gasteiger partial charge on any atom is 0.203 e. The van der Waals surface area contributed by atoms with Crippen molar-refractivity contribution in [3.63, 3.8) is 0 Å². The Bertz CT molecular complexity index is 778. The van der Waals surface area contributed by atoms with Crippen LogP contribution < -0.4 is 14.2 Å². The van der Waals surface area contributed by atoms with Crippen molar-refractivity contribution in [2.75, 3.05) is 21.3 Å². The van der Waals surface area contributed by atoms with Gasteiger partial charge in [0.2, 0.25) is 5.75 Å². The fourth-order valence-corrected chi connectivity index (χ4v) is 2.56. The average Bonchev–Trinajstić information content (AvgIpc) is 2.50. The topological polar surface area (TPSA) is 27.7 Å². The van der Waals surface area contributed by atoms with Gasteiger partial charge in [0.1, 0.15) is 0 Å². The highest BCUT2D eigenvalue weighted by Crippen LogP contribution is 2.44. The fraction of sp³-hybridized carbons (Fsp3) is 0.176. The first-order valence-electron chi connectivity index (χ1n) is 6.40. The van der Waals surface area contributed by atoms with E-state index in [1.54, 1.807) is 21.3 Å². The third kappa shape index (κ3) is 1.83. The smallest absolute Gasteiger partial charge is 0.203 e. The molecule has 0 aliphatic carbocycles. The molecule has 0 saturated heterocycles. The van der Waals surface area contributed by atoms with E-state index in [0.717, 1.165) is 10.8 Å².